The van der Waals surface area contributed by atoms with Crippen LogP contribution in [0.1, 0.15) is 19.8 Å². The number of nitro groups is 1. The lowest BCUT2D eigenvalue weighted by Crippen LogP contribution is -2.32. The molecule has 1 atom stereocenters. The predicted molar refractivity (Wildman–Crippen MR) is 71.7 cm³/mol. The van der Waals surface area contributed by atoms with Gasteiger partial charge in [-0.2, -0.15) is 0 Å². The number of anilines is 1. The van der Waals surface area contributed by atoms with Gasteiger partial charge in [-0.3, -0.25) is 10.1 Å². The third kappa shape index (κ3) is 2.63. The van der Waals surface area contributed by atoms with Gasteiger partial charge in [0, 0.05) is 6.54 Å². The van der Waals surface area contributed by atoms with Crippen molar-refractivity contribution in [1.82, 2.24) is 0 Å². The molecule has 1 aromatic rings. The fraction of sp³-hybridized carbons (Fsp3) is 0.538. The Labute approximate surface area is 111 Å². The summed E-state index contributed by atoms with van der Waals surface area (Å²) in [6.45, 7) is 2.91. The Bertz CT molecular complexity index is 464. The Balaban J connectivity index is 2.44. The van der Waals surface area contributed by atoms with E-state index in [2.05, 4.69) is 0 Å². The van der Waals surface area contributed by atoms with Crippen LogP contribution in [0.2, 0.25) is 0 Å². The molecule has 0 radical (unpaired) electrons. The van der Waals surface area contributed by atoms with Crippen LogP contribution in [0.3, 0.4) is 0 Å². The maximum Gasteiger partial charge on any atom is 0.333 e. The van der Waals surface area contributed by atoms with Gasteiger partial charge < -0.3 is 14.7 Å². The topological polar surface area (TPSA) is 75.8 Å². The third-order valence-corrected chi connectivity index (χ3v) is 3.36. The van der Waals surface area contributed by atoms with Gasteiger partial charge in [0.05, 0.1) is 24.2 Å². The van der Waals surface area contributed by atoms with Gasteiger partial charge in [-0.15, -0.1) is 0 Å². The Morgan fingerprint density at radius 3 is 3.00 bits per heavy atom. The van der Waals surface area contributed by atoms with E-state index in [9.17, 15) is 15.2 Å². The summed E-state index contributed by atoms with van der Waals surface area (Å²) in [4.78, 5) is 12.8. The monoisotopic (exact) mass is 266 g/mol. The van der Waals surface area contributed by atoms with E-state index < -0.39 is 4.92 Å². The average Bonchev–Trinajstić information content (AvgIpc) is 2.86. The molecule has 0 spiro atoms. The molecule has 1 fully saturated rings. The van der Waals surface area contributed by atoms with Crippen LogP contribution < -0.4 is 9.64 Å². The fourth-order valence-electron chi connectivity index (χ4n) is 2.54. The van der Waals surface area contributed by atoms with Gasteiger partial charge >= 0.3 is 5.69 Å². The van der Waals surface area contributed by atoms with Gasteiger partial charge in [0.15, 0.2) is 5.75 Å². The number of aliphatic hydroxyl groups is 1. The highest BCUT2D eigenvalue weighted by atomic mass is 16.6. The summed E-state index contributed by atoms with van der Waals surface area (Å²) in [5.41, 5.74) is 0.525. The molecule has 1 heterocycles. The van der Waals surface area contributed by atoms with Crippen molar-refractivity contribution in [3.05, 3.63) is 28.3 Å². The summed E-state index contributed by atoms with van der Waals surface area (Å²) in [7, 11) is 0. The Hall–Kier alpha value is -1.82. The molecule has 0 amide bonds. The first-order valence-corrected chi connectivity index (χ1v) is 6.46. The first-order valence-electron chi connectivity index (χ1n) is 6.46. The number of hydrogen-bond acceptors (Lipinski definition) is 5. The minimum Gasteiger partial charge on any atom is -0.487 e. The van der Waals surface area contributed by atoms with E-state index >= 15 is 0 Å². The molecule has 1 aliphatic rings. The molecule has 2 rings (SSSR count). The first kappa shape index (κ1) is 13.6. The average molecular weight is 266 g/mol. The van der Waals surface area contributed by atoms with Gasteiger partial charge in [0.1, 0.15) is 5.69 Å². The molecule has 1 aromatic carbocycles. The maximum absolute atomic E-state index is 11.3. The molecule has 6 heteroatoms. The van der Waals surface area contributed by atoms with Crippen molar-refractivity contribution in [2.75, 3.05) is 24.7 Å². The lowest BCUT2D eigenvalue weighted by atomic mass is 10.2. The fourth-order valence-corrected chi connectivity index (χ4v) is 2.54. The van der Waals surface area contributed by atoms with Gasteiger partial charge in [-0.1, -0.05) is 6.07 Å². The van der Waals surface area contributed by atoms with E-state index in [1.165, 1.54) is 0 Å². The maximum atomic E-state index is 11.3. The van der Waals surface area contributed by atoms with Crippen LogP contribution in [0.25, 0.3) is 0 Å². The van der Waals surface area contributed by atoms with E-state index in [-0.39, 0.29) is 24.1 Å². The summed E-state index contributed by atoms with van der Waals surface area (Å²) in [6, 6.07) is 5.03. The zero-order valence-electron chi connectivity index (χ0n) is 10.9. The summed E-state index contributed by atoms with van der Waals surface area (Å²) < 4.78 is 5.34. The molecule has 1 N–H and O–H groups in total. The minimum atomic E-state index is -0.410. The van der Waals surface area contributed by atoms with Gasteiger partial charge in [0.2, 0.25) is 0 Å². The first-order chi connectivity index (χ1) is 9.19. The third-order valence-electron chi connectivity index (χ3n) is 3.36. The highest BCUT2D eigenvalue weighted by Gasteiger charge is 2.31. The van der Waals surface area contributed by atoms with Crippen molar-refractivity contribution in [2.45, 2.75) is 25.8 Å². The summed E-state index contributed by atoms with van der Waals surface area (Å²) in [5, 5.41) is 20.7. The number of nitrogens with zero attached hydrogens (tertiary/aromatic N) is 2. The van der Waals surface area contributed by atoms with Crippen molar-refractivity contribution in [1.29, 1.82) is 0 Å². The summed E-state index contributed by atoms with van der Waals surface area (Å²) in [5.74, 6) is 0.286. The highest BCUT2D eigenvalue weighted by Crippen LogP contribution is 2.39. The number of rotatable bonds is 5. The van der Waals surface area contributed by atoms with Crippen LogP contribution >= 0.6 is 0 Å². The molecule has 0 saturated carbocycles. The van der Waals surface area contributed by atoms with Crippen molar-refractivity contribution in [3.63, 3.8) is 0 Å². The molecule has 1 saturated heterocycles. The smallest absolute Gasteiger partial charge is 0.333 e. The number of para-hydroxylation sites is 1. The zero-order chi connectivity index (χ0) is 13.8. The quantitative estimate of drug-likeness (QED) is 0.651. The molecule has 104 valence electrons. The lowest BCUT2D eigenvalue weighted by molar-refractivity contribution is -0.385. The highest BCUT2D eigenvalue weighted by molar-refractivity contribution is 5.70. The van der Waals surface area contributed by atoms with Gasteiger partial charge in [-0.05, 0) is 31.9 Å². The van der Waals surface area contributed by atoms with Crippen LogP contribution in [0.4, 0.5) is 11.4 Å². The molecule has 19 heavy (non-hydrogen) atoms. The number of hydrogen-bond donors (Lipinski definition) is 1. The number of benzene rings is 1. The van der Waals surface area contributed by atoms with Crippen LogP contribution in [-0.2, 0) is 0 Å². The molecule has 1 aliphatic heterocycles. The van der Waals surface area contributed by atoms with Gasteiger partial charge in [-0.25, -0.2) is 0 Å². The van der Waals surface area contributed by atoms with Crippen molar-refractivity contribution in [2.24, 2.45) is 0 Å². The molecule has 0 aliphatic carbocycles. The van der Waals surface area contributed by atoms with Crippen molar-refractivity contribution in [3.8, 4) is 5.75 Å². The van der Waals surface area contributed by atoms with E-state index in [0.717, 1.165) is 19.4 Å². The van der Waals surface area contributed by atoms with Crippen molar-refractivity contribution >= 4 is 11.4 Å². The second-order valence-corrected chi connectivity index (χ2v) is 4.49. The molecule has 0 bridgehead atoms. The lowest BCUT2D eigenvalue weighted by Gasteiger charge is -2.25. The van der Waals surface area contributed by atoms with E-state index in [1.807, 2.05) is 4.90 Å². The second kappa shape index (κ2) is 5.88. The number of ether oxygens (including phenoxy) is 1. The van der Waals surface area contributed by atoms with Crippen LogP contribution in [0.5, 0.6) is 5.75 Å². The second-order valence-electron chi connectivity index (χ2n) is 4.49. The van der Waals surface area contributed by atoms with Crippen LogP contribution in [0.15, 0.2) is 18.2 Å². The molecule has 6 nitrogen and oxygen atoms in total. The Morgan fingerprint density at radius 1 is 1.58 bits per heavy atom. The normalized spacial score (nSPS) is 18.6. The van der Waals surface area contributed by atoms with Crippen LogP contribution in [-0.4, -0.2) is 35.8 Å². The van der Waals surface area contributed by atoms with Crippen molar-refractivity contribution < 1.29 is 14.8 Å². The molecule has 1 unspecified atom stereocenters. The minimum absolute atomic E-state index is 0.00954. The number of nitro benzene ring substituents is 1. The standard InChI is InChI=1S/C13H18N2O4/c1-2-19-12-7-3-6-11(13(12)15(17)18)14-8-4-5-10(14)9-16/h3,6-7,10,16H,2,4-5,8-9H2,1H3. The predicted octanol–water partition coefficient (Wildman–Crippen LogP) is 1.95. The zero-order valence-corrected chi connectivity index (χ0v) is 10.9. The van der Waals surface area contributed by atoms with Crippen LogP contribution in [0, 0.1) is 10.1 Å². The summed E-state index contributed by atoms with van der Waals surface area (Å²) in [6.07, 6.45) is 1.79. The molecular weight excluding hydrogens is 248 g/mol. The molecular formula is C13H18N2O4. The van der Waals surface area contributed by atoms with Gasteiger partial charge in [0.25, 0.3) is 0 Å². The van der Waals surface area contributed by atoms with E-state index in [1.54, 1.807) is 25.1 Å². The molecule has 0 aromatic heterocycles. The van der Waals surface area contributed by atoms with E-state index in [0.29, 0.717) is 12.3 Å². The Morgan fingerprint density at radius 2 is 2.37 bits per heavy atom. The largest absolute Gasteiger partial charge is 0.487 e. The Kier molecular flexibility index (Phi) is 4.21. The SMILES string of the molecule is CCOc1cccc(N2CCCC2CO)c1[N+](=O)[O-]. The summed E-state index contributed by atoms with van der Waals surface area (Å²) >= 11 is 0. The number of aliphatic hydroxyl groups excluding tert-OH is 1. The van der Waals surface area contributed by atoms with E-state index in [4.69, 9.17) is 4.74 Å².